The van der Waals surface area contributed by atoms with Crippen LogP contribution in [0.2, 0.25) is 0 Å². The predicted octanol–water partition coefficient (Wildman–Crippen LogP) is 13.1. The van der Waals surface area contributed by atoms with Crippen molar-refractivity contribution in [3.8, 4) is 67.8 Å². The highest BCUT2D eigenvalue weighted by Crippen LogP contribution is 2.41. The van der Waals surface area contributed by atoms with Crippen LogP contribution in [0.3, 0.4) is 0 Å². The van der Waals surface area contributed by atoms with Gasteiger partial charge in [0.05, 0.1) is 22.8 Å². The lowest BCUT2D eigenvalue weighted by atomic mass is 10.0. The molecule has 4 heterocycles. The summed E-state index contributed by atoms with van der Waals surface area (Å²) in [5.74, 6) is 1.26. The maximum Gasteiger partial charge on any atom is 0.178 e. The van der Waals surface area contributed by atoms with E-state index in [1.54, 1.807) is 0 Å². The zero-order chi connectivity index (χ0) is 37.0. The van der Waals surface area contributed by atoms with Gasteiger partial charge in [0.2, 0.25) is 0 Å². The number of benzene rings is 7. The summed E-state index contributed by atoms with van der Waals surface area (Å²) in [5, 5.41) is 3.95. The van der Waals surface area contributed by atoms with Crippen LogP contribution in [0.15, 0.2) is 191 Å². The highest BCUT2D eigenvalue weighted by atomic mass is 16.4. The molecule has 0 unspecified atom stereocenters. The molecule has 11 aromatic rings. The van der Waals surface area contributed by atoms with E-state index in [0.29, 0.717) is 22.8 Å². The molecule has 0 aliphatic heterocycles. The van der Waals surface area contributed by atoms with Crippen molar-refractivity contribution in [3.05, 3.63) is 182 Å². The van der Waals surface area contributed by atoms with Gasteiger partial charge in [-0.05, 0) is 48.5 Å². The highest BCUT2D eigenvalue weighted by Gasteiger charge is 2.19. The lowest BCUT2D eigenvalue weighted by Crippen LogP contribution is -1.95. The van der Waals surface area contributed by atoms with Crippen LogP contribution >= 0.6 is 0 Å². The third-order valence-corrected chi connectivity index (χ3v) is 10.3. The third-order valence-electron chi connectivity index (χ3n) is 10.3. The summed E-state index contributed by atoms with van der Waals surface area (Å²) in [6, 6.07) is 61.5. The number of furan rings is 2. The minimum atomic E-state index is 0.628. The van der Waals surface area contributed by atoms with E-state index >= 15 is 0 Å². The van der Waals surface area contributed by atoms with Gasteiger partial charge in [-0.15, -0.1) is 0 Å². The molecule has 0 spiro atoms. The zero-order valence-corrected chi connectivity index (χ0v) is 29.9. The molecule has 262 valence electrons. The number of hydrogen-bond acceptors (Lipinski definition) is 6. The summed E-state index contributed by atoms with van der Waals surface area (Å²) in [6.45, 7) is 0. The van der Waals surface area contributed by atoms with Gasteiger partial charge in [-0.3, -0.25) is 0 Å². The summed E-state index contributed by atoms with van der Waals surface area (Å²) >= 11 is 0. The average molecular weight is 719 g/mol. The molecule has 0 atom stereocenters. The molecular formula is C50H30N4O2. The third kappa shape index (κ3) is 5.51. The standard InChI is InChI=1S/C50H30N4O2/c1-5-13-31(14-6-1)41-29-42(32-15-7-2-8-16-32)52-49(51-41)35-21-23-37-39-25-26-40-38-24-22-36(28-46(38)56-48(40)47(39)55-45(37)27-35)50-53-43(33-17-9-3-10-18-33)30-44(54-50)34-19-11-4-12-20-34/h1-30H. The Bertz CT molecular complexity index is 2900. The Morgan fingerprint density at radius 1 is 0.268 bits per heavy atom. The normalized spacial score (nSPS) is 11.6. The fourth-order valence-corrected chi connectivity index (χ4v) is 7.53. The van der Waals surface area contributed by atoms with E-state index in [0.717, 1.165) is 88.9 Å². The Balaban J connectivity index is 1.03. The van der Waals surface area contributed by atoms with E-state index < -0.39 is 0 Å². The van der Waals surface area contributed by atoms with Crippen LogP contribution in [0.4, 0.5) is 0 Å². The molecule has 56 heavy (non-hydrogen) atoms. The lowest BCUT2D eigenvalue weighted by molar-refractivity contribution is 0.633. The van der Waals surface area contributed by atoms with E-state index in [2.05, 4.69) is 84.9 Å². The van der Waals surface area contributed by atoms with E-state index in [4.69, 9.17) is 28.8 Å². The van der Waals surface area contributed by atoms with Crippen LogP contribution in [0.5, 0.6) is 0 Å². The fourth-order valence-electron chi connectivity index (χ4n) is 7.53. The largest absolute Gasteiger partial charge is 0.452 e. The van der Waals surface area contributed by atoms with E-state index in [9.17, 15) is 0 Å². The summed E-state index contributed by atoms with van der Waals surface area (Å²) < 4.78 is 13.3. The molecule has 4 aromatic heterocycles. The van der Waals surface area contributed by atoms with Crippen molar-refractivity contribution in [1.82, 2.24) is 19.9 Å². The van der Waals surface area contributed by atoms with Gasteiger partial charge in [0.1, 0.15) is 11.2 Å². The van der Waals surface area contributed by atoms with Crippen molar-refractivity contribution >= 4 is 43.9 Å². The van der Waals surface area contributed by atoms with Crippen LogP contribution in [-0.2, 0) is 0 Å². The molecular weight excluding hydrogens is 689 g/mol. The number of hydrogen-bond donors (Lipinski definition) is 0. The minimum Gasteiger partial charge on any atom is -0.452 e. The first-order chi connectivity index (χ1) is 27.7. The van der Waals surface area contributed by atoms with Gasteiger partial charge in [-0.25, -0.2) is 19.9 Å². The van der Waals surface area contributed by atoms with Gasteiger partial charge >= 0.3 is 0 Å². The SMILES string of the molecule is c1ccc(-c2cc(-c3ccccc3)nc(-c3ccc4c(c3)oc3c4ccc4c5ccc(-c6nc(-c7ccccc7)cc(-c7ccccc7)n6)cc5oc43)n2)cc1. The predicted molar refractivity (Wildman–Crippen MR) is 225 cm³/mol. The molecule has 0 fully saturated rings. The van der Waals surface area contributed by atoms with Gasteiger partial charge in [0.15, 0.2) is 22.8 Å². The monoisotopic (exact) mass is 718 g/mol. The Morgan fingerprint density at radius 3 is 0.893 bits per heavy atom. The van der Waals surface area contributed by atoms with Gasteiger partial charge in [0, 0.05) is 54.9 Å². The average Bonchev–Trinajstić information content (AvgIpc) is 3.85. The van der Waals surface area contributed by atoms with Crippen molar-refractivity contribution in [3.63, 3.8) is 0 Å². The lowest BCUT2D eigenvalue weighted by Gasteiger charge is -2.09. The number of fused-ring (bicyclic) bond motifs is 7. The second-order valence-electron chi connectivity index (χ2n) is 13.8. The molecule has 0 N–H and O–H groups in total. The van der Waals surface area contributed by atoms with E-state index in [1.165, 1.54) is 0 Å². The van der Waals surface area contributed by atoms with Crippen LogP contribution < -0.4 is 0 Å². The molecule has 0 radical (unpaired) electrons. The van der Waals surface area contributed by atoms with Crippen molar-refractivity contribution < 1.29 is 8.83 Å². The zero-order valence-electron chi connectivity index (χ0n) is 29.9. The second kappa shape index (κ2) is 13.0. The molecule has 0 amide bonds. The van der Waals surface area contributed by atoms with Crippen LogP contribution in [0, 0.1) is 0 Å². The quantitative estimate of drug-likeness (QED) is 0.170. The maximum atomic E-state index is 6.66. The molecule has 0 bridgehead atoms. The Kier molecular flexibility index (Phi) is 7.38. The van der Waals surface area contributed by atoms with Crippen molar-refractivity contribution in [2.45, 2.75) is 0 Å². The molecule has 0 saturated carbocycles. The first-order valence-corrected chi connectivity index (χ1v) is 18.5. The molecule has 0 aliphatic carbocycles. The fraction of sp³-hybridized carbons (Fsp3) is 0. The summed E-state index contributed by atoms with van der Waals surface area (Å²) in [5.41, 5.74) is 12.1. The van der Waals surface area contributed by atoms with Gasteiger partial charge in [0.25, 0.3) is 0 Å². The van der Waals surface area contributed by atoms with Crippen LogP contribution in [-0.4, -0.2) is 19.9 Å². The molecule has 0 aliphatic rings. The molecule has 6 nitrogen and oxygen atoms in total. The highest BCUT2D eigenvalue weighted by molar-refractivity contribution is 6.19. The molecule has 11 rings (SSSR count). The van der Waals surface area contributed by atoms with Crippen LogP contribution in [0.1, 0.15) is 0 Å². The molecule has 0 saturated heterocycles. The van der Waals surface area contributed by atoms with Crippen molar-refractivity contribution in [1.29, 1.82) is 0 Å². The summed E-state index contributed by atoms with van der Waals surface area (Å²) in [6.07, 6.45) is 0. The summed E-state index contributed by atoms with van der Waals surface area (Å²) in [7, 11) is 0. The number of aromatic nitrogens is 4. The first kappa shape index (κ1) is 31.8. The second-order valence-corrected chi connectivity index (χ2v) is 13.8. The Morgan fingerprint density at radius 2 is 0.571 bits per heavy atom. The van der Waals surface area contributed by atoms with Crippen molar-refractivity contribution in [2.24, 2.45) is 0 Å². The minimum absolute atomic E-state index is 0.628. The molecule has 7 aromatic carbocycles. The Hall–Kier alpha value is -7.70. The van der Waals surface area contributed by atoms with E-state index in [-0.39, 0.29) is 0 Å². The van der Waals surface area contributed by atoms with Crippen molar-refractivity contribution in [2.75, 3.05) is 0 Å². The Labute approximate surface area is 321 Å². The number of rotatable bonds is 6. The van der Waals surface area contributed by atoms with Gasteiger partial charge in [-0.2, -0.15) is 0 Å². The number of nitrogens with zero attached hydrogens (tertiary/aromatic N) is 4. The molecule has 6 heteroatoms. The maximum absolute atomic E-state index is 6.66. The van der Waals surface area contributed by atoms with Gasteiger partial charge < -0.3 is 8.83 Å². The van der Waals surface area contributed by atoms with Crippen LogP contribution in [0.25, 0.3) is 112 Å². The van der Waals surface area contributed by atoms with E-state index in [1.807, 2.05) is 97.1 Å². The smallest absolute Gasteiger partial charge is 0.178 e. The van der Waals surface area contributed by atoms with Gasteiger partial charge in [-0.1, -0.05) is 133 Å². The first-order valence-electron chi connectivity index (χ1n) is 18.5. The topological polar surface area (TPSA) is 77.8 Å². The summed E-state index contributed by atoms with van der Waals surface area (Å²) in [4.78, 5) is 20.1.